The lowest BCUT2D eigenvalue weighted by molar-refractivity contribution is -0.143. The number of aromatic hydroxyl groups is 1. The molecule has 0 fully saturated rings. The van der Waals surface area contributed by atoms with Crippen molar-refractivity contribution >= 4 is 41.4 Å². The number of carboxylic acids is 2. The van der Waals surface area contributed by atoms with Crippen LogP contribution < -0.4 is 21.7 Å². The van der Waals surface area contributed by atoms with Crippen molar-refractivity contribution in [1.82, 2.24) is 16.0 Å². The first-order valence-corrected chi connectivity index (χ1v) is 11.9. The molecule has 13 nitrogen and oxygen atoms in total. The summed E-state index contributed by atoms with van der Waals surface area (Å²) in [4.78, 5) is 60.0. The number of aliphatic hydroxyl groups is 1. The number of carbonyl (C=O) groups is 5. The molecule has 1 aromatic carbocycles. The second kappa shape index (κ2) is 14.8. The van der Waals surface area contributed by atoms with Crippen LogP contribution in [0.1, 0.15) is 18.4 Å². The zero-order valence-corrected chi connectivity index (χ0v) is 19.8. The van der Waals surface area contributed by atoms with Crippen molar-refractivity contribution in [2.45, 2.75) is 43.4 Å². The van der Waals surface area contributed by atoms with E-state index in [9.17, 15) is 39.3 Å². The summed E-state index contributed by atoms with van der Waals surface area (Å²) in [5, 5.41) is 43.8. The van der Waals surface area contributed by atoms with Gasteiger partial charge in [0.1, 0.15) is 23.9 Å². The van der Waals surface area contributed by atoms with Gasteiger partial charge in [-0.25, -0.2) is 4.79 Å². The molecule has 0 bridgehead atoms. The SMILES string of the molecule is CSCCC(NC(=O)C(CC(=O)O)NC(=O)C(CO)NC(=O)C(N)Cc1ccc(O)cc1)C(=O)O. The molecule has 194 valence electrons. The third kappa shape index (κ3) is 10.6. The number of phenols is 1. The van der Waals surface area contributed by atoms with E-state index in [4.69, 9.17) is 10.8 Å². The highest BCUT2D eigenvalue weighted by Gasteiger charge is 2.31. The van der Waals surface area contributed by atoms with E-state index >= 15 is 0 Å². The normalized spacial score (nSPS) is 14.1. The van der Waals surface area contributed by atoms with Gasteiger partial charge in [0.15, 0.2) is 0 Å². The number of phenolic OH excluding ortho intramolecular Hbond substituents is 1. The number of hydrogen-bond acceptors (Lipinski definition) is 9. The number of thioether (sulfide) groups is 1. The van der Waals surface area contributed by atoms with Crippen LogP contribution in [-0.4, -0.2) is 92.9 Å². The van der Waals surface area contributed by atoms with Gasteiger partial charge >= 0.3 is 11.9 Å². The second-order valence-corrected chi connectivity index (χ2v) is 8.55. The lowest BCUT2D eigenvalue weighted by atomic mass is 10.1. The lowest BCUT2D eigenvalue weighted by Gasteiger charge is -2.23. The van der Waals surface area contributed by atoms with E-state index < -0.39 is 66.9 Å². The molecule has 0 saturated carbocycles. The first kappa shape index (κ1) is 29.7. The largest absolute Gasteiger partial charge is 0.508 e. The van der Waals surface area contributed by atoms with E-state index in [-0.39, 0.29) is 18.6 Å². The van der Waals surface area contributed by atoms with Gasteiger partial charge in [-0.3, -0.25) is 19.2 Å². The van der Waals surface area contributed by atoms with Crippen LogP contribution in [0.3, 0.4) is 0 Å². The van der Waals surface area contributed by atoms with Gasteiger partial charge in [0.25, 0.3) is 0 Å². The highest BCUT2D eigenvalue weighted by Crippen LogP contribution is 2.11. The summed E-state index contributed by atoms with van der Waals surface area (Å²) in [5.74, 6) is -5.22. The third-order valence-electron chi connectivity index (χ3n) is 4.78. The van der Waals surface area contributed by atoms with Crippen molar-refractivity contribution in [3.05, 3.63) is 29.8 Å². The number of nitrogens with two attached hydrogens (primary N) is 1. The molecular formula is C21H30N4O9S. The molecule has 0 saturated heterocycles. The number of aliphatic carboxylic acids is 2. The monoisotopic (exact) mass is 514 g/mol. The molecule has 35 heavy (non-hydrogen) atoms. The molecule has 9 N–H and O–H groups in total. The molecule has 0 aromatic heterocycles. The Hall–Kier alpha value is -3.36. The fourth-order valence-corrected chi connectivity index (χ4v) is 3.34. The number of rotatable bonds is 15. The quantitative estimate of drug-likeness (QED) is 0.128. The number of amides is 3. The van der Waals surface area contributed by atoms with Gasteiger partial charge in [0.05, 0.1) is 19.1 Å². The predicted molar refractivity (Wildman–Crippen MR) is 126 cm³/mol. The first-order chi connectivity index (χ1) is 16.5. The minimum absolute atomic E-state index is 0.0302. The Labute approximate surface area is 205 Å². The minimum Gasteiger partial charge on any atom is -0.508 e. The summed E-state index contributed by atoms with van der Waals surface area (Å²) in [6.45, 7) is -0.879. The van der Waals surface area contributed by atoms with Gasteiger partial charge in [0.2, 0.25) is 17.7 Å². The predicted octanol–water partition coefficient (Wildman–Crippen LogP) is -1.98. The standard InChI is InChI=1S/C21H30N4O9S/c1-35-7-6-14(21(33)34)23-19(31)15(9-17(28)29)24-20(32)16(10-26)25-18(30)13(22)8-11-2-4-12(27)5-3-11/h2-5,13-16,26-27H,6-10,22H2,1H3,(H,23,31)(H,24,32)(H,25,30)(H,28,29)(H,33,34). The van der Waals surface area contributed by atoms with E-state index in [0.29, 0.717) is 11.3 Å². The fraction of sp³-hybridized carbons (Fsp3) is 0.476. The minimum atomic E-state index is -1.66. The molecule has 0 aliphatic carbocycles. The van der Waals surface area contributed by atoms with Gasteiger partial charge in [0, 0.05) is 0 Å². The number of aliphatic hydroxyl groups excluding tert-OH is 1. The molecule has 0 heterocycles. The van der Waals surface area contributed by atoms with E-state index in [1.807, 2.05) is 0 Å². The molecule has 4 atom stereocenters. The molecule has 0 spiro atoms. The summed E-state index contributed by atoms with van der Waals surface area (Å²) in [5.41, 5.74) is 6.47. The van der Waals surface area contributed by atoms with Crippen molar-refractivity contribution in [3.63, 3.8) is 0 Å². The maximum atomic E-state index is 12.6. The topological polar surface area (TPSA) is 228 Å². The Kier molecular flexibility index (Phi) is 12.6. The maximum absolute atomic E-state index is 12.6. The summed E-state index contributed by atoms with van der Waals surface area (Å²) in [6.07, 6.45) is 1.01. The van der Waals surface area contributed by atoms with Crippen molar-refractivity contribution in [1.29, 1.82) is 0 Å². The number of benzene rings is 1. The average molecular weight is 515 g/mol. The molecule has 1 rings (SSSR count). The highest BCUT2D eigenvalue weighted by atomic mass is 32.2. The van der Waals surface area contributed by atoms with Crippen LogP contribution in [0.2, 0.25) is 0 Å². The van der Waals surface area contributed by atoms with Crippen LogP contribution in [0.15, 0.2) is 24.3 Å². The Balaban J connectivity index is 2.82. The highest BCUT2D eigenvalue weighted by molar-refractivity contribution is 7.98. The Morgan fingerprint density at radius 1 is 0.914 bits per heavy atom. The zero-order chi connectivity index (χ0) is 26.5. The molecular weight excluding hydrogens is 484 g/mol. The second-order valence-electron chi connectivity index (χ2n) is 7.56. The van der Waals surface area contributed by atoms with Gasteiger partial charge in [-0.2, -0.15) is 11.8 Å². The van der Waals surface area contributed by atoms with Crippen molar-refractivity contribution in [2.75, 3.05) is 18.6 Å². The molecule has 14 heteroatoms. The Morgan fingerprint density at radius 2 is 1.46 bits per heavy atom. The Bertz CT molecular complexity index is 897. The molecule has 4 unspecified atom stereocenters. The summed E-state index contributed by atoms with van der Waals surface area (Å²) in [7, 11) is 0. The zero-order valence-electron chi connectivity index (χ0n) is 19.0. The van der Waals surface area contributed by atoms with Gasteiger partial charge in [-0.15, -0.1) is 0 Å². The van der Waals surface area contributed by atoms with E-state index in [0.717, 1.165) is 0 Å². The van der Waals surface area contributed by atoms with Crippen LogP contribution in [0.25, 0.3) is 0 Å². The lowest BCUT2D eigenvalue weighted by Crippen LogP contribution is -2.58. The summed E-state index contributed by atoms with van der Waals surface area (Å²) < 4.78 is 0. The molecule has 0 aliphatic rings. The van der Waals surface area contributed by atoms with Crippen molar-refractivity contribution < 1.29 is 44.4 Å². The van der Waals surface area contributed by atoms with Gasteiger partial charge in [-0.05, 0) is 42.5 Å². The van der Waals surface area contributed by atoms with Crippen LogP contribution in [-0.2, 0) is 30.4 Å². The fourth-order valence-electron chi connectivity index (χ4n) is 2.87. The smallest absolute Gasteiger partial charge is 0.326 e. The number of carboxylic acid groups (broad SMARTS) is 2. The number of carbonyl (C=O) groups excluding carboxylic acids is 3. The summed E-state index contributed by atoms with van der Waals surface area (Å²) >= 11 is 1.35. The van der Waals surface area contributed by atoms with Crippen LogP contribution in [0, 0.1) is 0 Å². The van der Waals surface area contributed by atoms with E-state index in [1.54, 1.807) is 18.4 Å². The van der Waals surface area contributed by atoms with Crippen LogP contribution in [0.5, 0.6) is 5.75 Å². The summed E-state index contributed by atoms with van der Waals surface area (Å²) in [6, 6.07) is 0.300. The van der Waals surface area contributed by atoms with Crippen molar-refractivity contribution in [3.8, 4) is 5.75 Å². The van der Waals surface area contributed by atoms with Gasteiger partial charge < -0.3 is 42.1 Å². The molecule has 1 aromatic rings. The Morgan fingerprint density at radius 3 is 1.97 bits per heavy atom. The van der Waals surface area contributed by atoms with Gasteiger partial charge in [-0.1, -0.05) is 12.1 Å². The van der Waals surface area contributed by atoms with Crippen molar-refractivity contribution in [2.24, 2.45) is 5.73 Å². The third-order valence-corrected chi connectivity index (χ3v) is 5.43. The average Bonchev–Trinajstić information content (AvgIpc) is 2.80. The number of hydrogen-bond donors (Lipinski definition) is 8. The molecule has 3 amide bonds. The first-order valence-electron chi connectivity index (χ1n) is 10.5. The number of nitrogens with one attached hydrogen (secondary N) is 3. The molecule has 0 radical (unpaired) electrons. The molecule has 0 aliphatic heterocycles. The van der Waals surface area contributed by atoms with Crippen LogP contribution >= 0.6 is 11.8 Å². The van der Waals surface area contributed by atoms with Crippen LogP contribution in [0.4, 0.5) is 0 Å². The maximum Gasteiger partial charge on any atom is 0.326 e. The van der Waals surface area contributed by atoms with E-state index in [1.165, 1.54) is 23.9 Å². The van der Waals surface area contributed by atoms with E-state index in [2.05, 4.69) is 16.0 Å².